The van der Waals surface area contributed by atoms with Gasteiger partial charge in [-0.25, -0.2) is 4.98 Å². The predicted molar refractivity (Wildman–Crippen MR) is 68.0 cm³/mol. The van der Waals surface area contributed by atoms with Gasteiger partial charge in [-0.3, -0.25) is 0 Å². The second kappa shape index (κ2) is 7.84. The van der Waals surface area contributed by atoms with E-state index in [-0.39, 0.29) is 6.04 Å². The molecule has 18 heavy (non-hydrogen) atoms. The number of rotatable bonds is 8. The zero-order valence-corrected chi connectivity index (χ0v) is 11.4. The van der Waals surface area contributed by atoms with Gasteiger partial charge in [-0.15, -0.1) is 0 Å². The summed E-state index contributed by atoms with van der Waals surface area (Å²) in [6, 6.07) is 0.0912. The number of hydrogen-bond donors (Lipinski definition) is 1. The van der Waals surface area contributed by atoms with Crippen LogP contribution in [0.1, 0.15) is 24.6 Å². The van der Waals surface area contributed by atoms with Crippen LogP contribution in [-0.2, 0) is 4.74 Å². The molecule has 6 heteroatoms. The highest BCUT2D eigenvalue weighted by atomic mass is 16.5. The van der Waals surface area contributed by atoms with Crippen molar-refractivity contribution >= 4 is 0 Å². The van der Waals surface area contributed by atoms with Crippen LogP contribution < -0.4 is 14.8 Å². The molecule has 0 aliphatic heterocycles. The Morgan fingerprint density at radius 3 is 2.61 bits per heavy atom. The SMILES string of the molecule is CNC(CCCOC)c1ncc(OC)nc1OC. The van der Waals surface area contributed by atoms with Crippen LogP contribution in [0.3, 0.4) is 0 Å². The summed E-state index contributed by atoms with van der Waals surface area (Å²) in [5.41, 5.74) is 0.789. The van der Waals surface area contributed by atoms with Crippen LogP contribution >= 0.6 is 0 Å². The molecule has 1 heterocycles. The van der Waals surface area contributed by atoms with Crippen LogP contribution in [0.2, 0.25) is 0 Å². The van der Waals surface area contributed by atoms with E-state index >= 15 is 0 Å². The van der Waals surface area contributed by atoms with E-state index < -0.39 is 0 Å². The molecule has 0 aliphatic carbocycles. The van der Waals surface area contributed by atoms with Crippen molar-refractivity contribution in [3.8, 4) is 11.8 Å². The maximum atomic E-state index is 5.25. The third-order valence-corrected chi connectivity index (χ3v) is 2.67. The van der Waals surface area contributed by atoms with Crippen molar-refractivity contribution in [3.05, 3.63) is 11.9 Å². The molecule has 0 bridgehead atoms. The Balaban J connectivity index is 2.83. The first kappa shape index (κ1) is 14.7. The largest absolute Gasteiger partial charge is 0.480 e. The molecule has 1 atom stereocenters. The Morgan fingerprint density at radius 1 is 1.28 bits per heavy atom. The normalized spacial score (nSPS) is 12.2. The lowest BCUT2D eigenvalue weighted by Gasteiger charge is -2.17. The van der Waals surface area contributed by atoms with E-state index in [1.165, 1.54) is 0 Å². The molecule has 0 saturated heterocycles. The number of methoxy groups -OCH3 is 3. The summed E-state index contributed by atoms with van der Waals surface area (Å²) in [7, 11) is 6.72. The zero-order valence-electron chi connectivity index (χ0n) is 11.4. The molecule has 0 spiro atoms. The summed E-state index contributed by atoms with van der Waals surface area (Å²) in [5.74, 6) is 0.938. The molecule has 1 aromatic heterocycles. The zero-order chi connectivity index (χ0) is 13.4. The van der Waals surface area contributed by atoms with Crippen molar-refractivity contribution < 1.29 is 14.2 Å². The summed E-state index contributed by atoms with van der Waals surface area (Å²) >= 11 is 0. The Bertz CT molecular complexity index is 360. The molecule has 0 saturated carbocycles. The molecule has 102 valence electrons. The van der Waals surface area contributed by atoms with Gasteiger partial charge in [0.15, 0.2) is 0 Å². The number of nitrogens with one attached hydrogen (secondary N) is 1. The molecule has 6 nitrogen and oxygen atoms in total. The fourth-order valence-corrected chi connectivity index (χ4v) is 1.70. The highest BCUT2D eigenvalue weighted by molar-refractivity contribution is 5.25. The molecular formula is C12H21N3O3. The van der Waals surface area contributed by atoms with E-state index in [2.05, 4.69) is 15.3 Å². The summed E-state index contributed by atoms with van der Waals surface area (Å²) < 4.78 is 15.3. The minimum Gasteiger partial charge on any atom is -0.480 e. The monoisotopic (exact) mass is 255 g/mol. The minimum atomic E-state index is 0.0912. The van der Waals surface area contributed by atoms with Crippen LogP contribution in [0.25, 0.3) is 0 Å². The molecule has 1 unspecified atom stereocenters. The van der Waals surface area contributed by atoms with Gasteiger partial charge in [0.2, 0.25) is 11.8 Å². The van der Waals surface area contributed by atoms with Gasteiger partial charge in [0.05, 0.1) is 26.5 Å². The van der Waals surface area contributed by atoms with Crippen LogP contribution in [0.5, 0.6) is 11.8 Å². The highest BCUT2D eigenvalue weighted by Gasteiger charge is 2.18. The highest BCUT2D eigenvalue weighted by Crippen LogP contribution is 2.25. The Kier molecular flexibility index (Phi) is 6.38. The van der Waals surface area contributed by atoms with E-state index in [9.17, 15) is 0 Å². The molecule has 0 fully saturated rings. The lowest BCUT2D eigenvalue weighted by Crippen LogP contribution is -2.19. The fourth-order valence-electron chi connectivity index (χ4n) is 1.70. The van der Waals surface area contributed by atoms with Gasteiger partial charge in [0.25, 0.3) is 0 Å². The van der Waals surface area contributed by atoms with Crippen LogP contribution in [-0.4, -0.2) is 45.0 Å². The third kappa shape index (κ3) is 3.82. The first-order chi connectivity index (χ1) is 8.76. The fraction of sp³-hybridized carbons (Fsp3) is 0.667. The van der Waals surface area contributed by atoms with Gasteiger partial charge in [0, 0.05) is 13.7 Å². The molecule has 0 aromatic carbocycles. The van der Waals surface area contributed by atoms with E-state index in [0.717, 1.165) is 25.1 Å². The average Bonchev–Trinajstić information content (AvgIpc) is 2.43. The van der Waals surface area contributed by atoms with E-state index in [1.807, 2.05) is 7.05 Å². The Hall–Kier alpha value is -1.40. The van der Waals surface area contributed by atoms with Gasteiger partial charge >= 0.3 is 0 Å². The van der Waals surface area contributed by atoms with E-state index in [0.29, 0.717) is 11.8 Å². The quantitative estimate of drug-likeness (QED) is 0.704. The number of nitrogens with zero attached hydrogens (tertiary/aromatic N) is 2. The summed E-state index contributed by atoms with van der Waals surface area (Å²) in [6.07, 6.45) is 3.44. The number of ether oxygens (including phenoxy) is 3. The molecule has 1 aromatic rings. The smallest absolute Gasteiger partial charge is 0.240 e. The molecule has 0 radical (unpaired) electrons. The molecule has 0 aliphatic rings. The van der Waals surface area contributed by atoms with Crippen molar-refractivity contribution in [3.63, 3.8) is 0 Å². The molecular weight excluding hydrogens is 234 g/mol. The van der Waals surface area contributed by atoms with E-state index in [4.69, 9.17) is 14.2 Å². The second-order valence-electron chi connectivity index (χ2n) is 3.78. The first-order valence-electron chi connectivity index (χ1n) is 5.87. The van der Waals surface area contributed by atoms with Crippen LogP contribution in [0, 0.1) is 0 Å². The Morgan fingerprint density at radius 2 is 2.06 bits per heavy atom. The predicted octanol–water partition coefficient (Wildman–Crippen LogP) is 1.18. The topological polar surface area (TPSA) is 65.5 Å². The van der Waals surface area contributed by atoms with Gasteiger partial charge in [-0.05, 0) is 19.9 Å². The van der Waals surface area contributed by atoms with Crippen LogP contribution in [0.15, 0.2) is 6.20 Å². The third-order valence-electron chi connectivity index (χ3n) is 2.67. The average molecular weight is 255 g/mol. The molecule has 1 N–H and O–H groups in total. The second-order valence-corrected chi connectivity index (χ2v) is 3.78. The minimum absolute atomic E-state index is 0.0912. The van der Waals surface area contributed by atoms with Gasteiger partial charge in [-0.2, -0.15) is 4.98 Å². The van der Waals surface area contributed by atoms with Crippen molar-refractivity contribution in [2.45, 2.75) is 18.9 Å². The lowest BCUT2D eigenvalue weighted by atomic mass is 10.1. The number of aromatic nitrogens is 2. The van der Waals surface area contributed by atoms with Gasteiger partial charge in [0.1, 0.15) is 5.69 Å². The van der Waals surface area contributed by atoms with Crippen molar-refractivity contribution in [1.29, 1.82) is 0 Å². The van der Waals surface area contributed by atoms with Crippen molar-refractivity contribution in [2.75, 3.05) is 35.0 Å². The van der Waals surface area contributed by atoms with Gasteiger partial charge in [-0.1, -0.05) is 0 Å². The summed E-state index contributed by atoms with van der Waals surface area (Å²) in [6.45, 7) is 0.726. The summed E-state index contributed by atoms with van der Waals surface area (Å²) in [5, 5.41) is 3.21. The lowest BCUT2D eigenvalue weighted by molar-refractivity contribution is 0.188. The summed E-state index contributed by atoms with van der Waals surface area (Å²) in [4.78, 5) is 8.58. The first-order valence-corrected chi connectivity index (χ1v) is 5.87. The Labute approximate surface area is 108 Å². The van der Waals surface area contributed by atoms with E-state index in [1.54, 1.807) is 27.5 Å². The van der Waals surface area contributed by atoms with Crippen LogP contribution in [0.4, 0.5) is 0 Å². The maximum Gasteiger partial charge on any atom is 0.240 e. The number of hydrogen-bond acceptors (Lipinski definition) is 6. The van der Waals surface area contributed by atoms with Gasteiger partial charge < -0.3 is 19.5 Å². The molecule has 0 amide bonds. The maximum absolute atomic E-state index is 5.25. The van der Waals surface area contributed by atoms with Crippen molar-refractivity contribution in [2.24, 2.45) is 0 Å². The van der Waals surface area contributed by atoms with Crippen molar-refractivity contribution in [1.82, 2.24) is 15.3 Å². The standard InChI is InChI=1S/C12H21N3O3/c1-13-9(6-5-7-16-2)11-12(18-4)15-10(17-3)8-14-11/h8-9,13H,5-7H2,1-4H3. The molecule has 1 rings (SSSR count).